The van der Waals surface area contributed by atoms with Crippen molar-refractivity contribution in [3.8, 4) is 11.4 Å². The molecular formula is C17H17ClN4O2S. The first-order valence-corrected chi connectivity index (χ1v) is 9.17. The van der Waals surface area contributed by atoms with E-state index >= 15 is 0 Å². The number of hydrogen-bond donors (Lipinski definition) is 0. The number of thioether (sulfide) groups is 1. The predicted molar refractivity (Wildman–Crippen MR) is 101 cm³/mol. The van der Waals surface area contributed by atoms with Crippen molar-refractivity contribution in [2.75, 3.05) is 5.75 Å². The molecule has 25 heavy (non-hydrogen) atoms. The van der Waals surface area contributed by atoms with Gasteiger partial charge >= 0.3 is 5.69 Å². The molecule has 0 aliphatic carbocycles. The van der Waals surface area contributed by atoms with Gasteiger partial charge in [-0.05, 0) is 36.4 Å². The highest BCUT2D eigenvalue weighted by molar-refractivity contribution is 7.99. The van der Waals surface area contributed by atoms with Gasteiger partial charge in [0.25, 0.3) is 5.56 Å². The SMILES string of the molecule is CCCSc1nc(-c2ccc(Cl)cc2)nc2c1c(=O)n(C)c(=O)n2C. The topological polar surface area (TPSA) is 69.8 Å². The lowest BCUT2D eigenvalue weighted by Crippen LogP contribution is -2.37. The van der Waals surface area contributed by atoms with Crippen molar-refractivity contribution in [1.82, 2.24) is 19.1 Å². The molecule has 2 heterocycles. The highest BCUT2D eigenvalue weighted by atomic mass is 35.5. The van der Waals surface area contributed by atoms with Crippen LogP contribution in [0.3, 0.4) is 0 Å². The van der Waals surface area contributed by atoms with Gasteiger partial charge in [0.1, 0.15) is 10.4 Å². The molecule has 0 bridgehead atoms. The van der Waals surface area contributed by atoms with Crippen molar-refractivity contribution < 1.29 is 0 Å². The monoisotopic (exact) mass is 376 g/mol. The molecule has 8 heteroatoms. The van der Waals surface area contributed by atoms with Gasteiger partial charge in [-0.25, -0.2) is 14.8 Å². The molecule has 130 valence electrons. The smallest absolute Gasteiger partial charge is 0.280 e. The zero-order valence-corrected chi connectivity index (χ0v) is 15.7. The third-order valence-electron chi connectivity index (χ3n) is 3.81. The lowest BCUT2D eigenvalue weighted by Gasteiger charge is -2.11. The number of rotatable bonds is 4. The summed E-state index contributed by atoms with van der Waals surface area (Å²) in [7, 11) is 3.07. The summed E-state index contributed by atoms with van der Waals surface area (Å²) in [6.45, 7) is 2.06. The first-order valence-electron chi connectivity index (χ1n) is 7.80. The van der Waals surface area contributed by atoms with Gasteiger partial charge < -0.3 is 0 Å². The van der Waals surface area contributed by atoms with Crippen LogP contribution in [0.15, 0.2) is 38.9 Å². The standard InChI is InChI=1S/C17H17ClN4O2S/c1-4-9-25-15-12-14(21(2)17(24)22(3)16(12)23)19-13(20-15)10-5-7-11(18)8-6-10/h5-8H,4,9H2,1-3H3. The number of benzene rings is 1. The molecule has 0 atom stereocenters. The minimum absolute atomic E-state index is 0.339. The van der Waals surface area contributed by atoms with Crippen molar-refractivity contribution >= 4 is 34.4 Å². The van der Waals surface area contributed by atoms with Crippen LogP contribution in [-0.2, 0) is 14.1 Å². The van der Waals surface area contributed by atoms with E-state index in [1.165, 1.54) is 23.4 Å². The van der Waals surface area contributed by atoms with Crippen LogP contribution in [0.5, 0.6) is 0 Å². The average molecular weight is 377 g/mol. The van der Waals surface area contributed by atoms with E-state index in [9.17, 15) is 9.59 Å². The number of nitrogens with zero attached hydrogens (tertiary/aromatic N) is 4. The van der Waals surface area contributed by atoms with Crippen LogP contribution in [0, 0.1) is 0 Å². The van der Waals surface area contributed by atoms with Gasteiger partial charge in [0.2, 0.25) is 0 Å². The van der Waals surface area contributed by atoms with Crippen LogP contribution in [-0.4, -0.2) is 24.9 Å². The third kappa shape index (κ3) is 3.21. The fourth-order valence-corrected chi connectivity index (χ4v) is 3.46. The molecule has 0 radical (unpaired) electrons. The molecule has 2 aromatic heterocycles. The van der Waals surface area contributed by atoms with Crippen LogP contribution < -0.4 is 11.2 Å². The third-order valence-corrected chi connectivity index (χ3v) is 5.25. The maximum absolute atomic E-state index is 12.6. The molecule has 0 fully saturated rings. The Balaban J connectivity index is 2.36. The number of aryl methyl sites for hydroxylation is 1. The largest absolute Gasteiger partial charge is 0.332 e. The van der Waals surface area contributed by atoms with Gasteiger partial charge in [-0.3, -0.25) is 13.9 Å². The van der Waals surface area contributed by atoms with Crippen molar-refractivity contribution in [2.45, 2.75) is 18.4 Å². The van der Waals surface area contributed by atoms with E-state index in [2.05, 4.69) is 16.9 Å². The molecule has 0 unspecified atom stereocenters. The molecule has 0 aliphatic heterocycles. The highest BCUT2D eigenvalue weighted by Crippen LogP contribution is 2.26. The number of aromatic nitrogens is 4. The zero-order chi connectivity index (χ0) is 18.1. The second-order valence-corrected chi connectivity index (χ2v) is 7.13. The summed E-state index contributed by atoms with van der Waals surface area (Å²) >= 11 is 7.44. The minimum Gasteiger partial charge on any atom is -0.280 e. The lowest BCUT2D eigenvalue weighted by atomic mass is 10.2. The highest BCUT2D eigenvalue weighted by Gasteiger charge is 2.17. The molecule has 0 saturated heterocycles. The van der Waals surface area contributed by atoms with Gasteiger partial charge in [0, 0.05) is 24.7 Å². The first kappa shape index (κ1) is 17.7. The summed E-state index contributed by atoms with van der Waals surface area (Å²) in [5, 5.41) is 1.58. The molecule has 3 rings (SSSR count). The Morgan fingerprint density at radius 3 is 2.40 bits per heavy atom. The van der Waals surface area contributed by atoms with Crippen LogP contribution >= 0.6 is 23.4 Å². The van der Waals surface area contributed by atoms with E-state index in [4.69, 9.17) is 11.6 Å². The Labute approximate surface area is 153 Å². The Kier molecular flexibility index (Phi) is 4.96. The first-order chi connectivity index (χ1) is 11.9. The van der Waals surface area contributed by atoms with Gasteiger partial charge in [-0.2, -0.15) is 0 Å². The van der Waals surface area contributed by atoms with Gasteiger partial charge in [0.05, 0.1) is 0 Å². The van der Waals surface area contributed by atoms with E-state index in [1.54, 1.807) is 19.2 Å². The van der Waals surface area contributed by atoms with Crippen molar-refractivity contribution in [1.29, 1.82) is 0 Å². The van der Waals surface area contributed by atoms with Crippen molar-refractivity contribution in [2.24, 2.45) is 14.1 Å². The summed E-state index contributed by atoms with van der Waals surface area (Å²) in [4.78, 5) is 34.0. The lowest BCUT2D eigenvalue weighted by molar-refractivity contribution is 0.703. The fourth-order valence-electron chi connectivity index (χ4n) is 2.46. The molecule has 1 aromatic carbocycles. The summed E-state index contributed by atoms with van der Waals surface area (Å²) in [5.74, 6) is 1.28. The zero-order valence-electron chi connectivity index (χ0n) is 14.1. The minimum atomic E-state index is -0.412. The second kappa shape index (κ2) is 7.01. The van der Waals surface area contributed by atoms with E-state index in [0.29, 0.717) is 26.9 Å². The maximum Gasteiger partial charge on any atom is 0.332 e. The van der Waals surface area contributed by atoms with Crippen molar-refractivity contribution in [3.05, 3.63) is 50.1 Å². The Hall–Kier alpha value is -2.12. The Morgan fingerprint density at radius 1 is 1.08 bits per heavy atom. The van der Waals surface area contributed by atoms with Crippen molar-refractivity contribution in [3.63, 3.8) is 0 Å². The molecule has 3 aromatic rings. The molecule has 6 nitrogen and oxygen atoms in total. The van der Waals surface area contributed by atoms with Crippen LogP contribution in [0.25, 0.3) is 22.4 Å². The van der Waals surface area contributed by atoms with Crippen LogP contribution in [0.4, 0.5) is 0 Å². The summed E-state index contributed by atoms with van der Waals surface area (Å²) in [6, 6.07) is 7.15. The van der Waals surface area contributed by atoms with Crippen LogP contribution in [0.1, 0.15) is 13.3 Å². The molecule has 0 aliphatic rings. The normalized spacial score (nSPS) is 11.2. The molecule has 0 N–H and O–H groups in total. The molecule has 0 saturated carbocycles. The number of hydrogen-bond acceptors (Lipinski definition) is 5. The predicted octanol–water partition coefficient (Wildman–Crippen LogP) is 2.85. The van der Waals surface area contributed by atoms with E-state index < -0.39 is 5.69 Å². The number of fused-ring (bicyclic) bond motifs is 1. The molecular weight excluding hydrogens is 360 g/mol. The fraction of sp³-hybridized carbons (Fsp3) is 0.294. The van der Waals surface area contributed by atoms with Gasteiger partial charge in [-0.15, -0.1) is 11.8 Å². The van der Waals surface area contributed by atoms with E-state index in [0.717, 1.165) is 22.3 Å². The van der Waals surface area contributed by atoms with E-state index in [-0.39, 0.29) is 5.56 Å². The second-order valence-electron chi connectivity index (χ2n) is 5.61. The van der Waals surface area contributed by atoms with E-state index in [1.807, 2.05) is 12.1 Å². The molecule has 0 amide bonds. The summed E-state index contributed by atoms with van der Waals surface area (Å²) < 4.78 is 2.47. The molecule has 0 spiro atoms. The Bertz CT molecular complexity index is 1060. The summed E-state index contributed by atoms with van der Waals surface area (Å²) in [6.07, 6.45) is 0.943. The maximum atomic E-state index is 12.6. The van der Waals surface area contributed by atoms with Gasteiger partial charge in [-0.1, -0.05) is 18.5 Å². The average Bonchev–Trinajstić information content (AvgIpc) is 2.62. The Morgan fingerprint density at radius 2 is 1.76 bits per heavy atom. The van der Waals surface area contributed by atoms with Crippen LogP contribution in [0.2, 0.25) is 5.02 Å². The quantitative estimate of drug-likeness (QED) is 0.517. The van der Waals surface area contributed by atoms with Gasteiger partial charge in [0.15, 0.2) is 11.5 Å². The number of halogens is 1. The summed E-state index contributed by atoms with van der Waals surface area (Å²) in [5.41, 5.74) is 0.327.